The van der Waals surface area contributed by atoms with Crippen molar-refractivity contribution in [1.29, 1.82) is 0 Å². The van der Waals surface area contributed by atoms with E-state index in [1.54, 1.807) is 24.3 Å². The van der Waals surface area contributed by atoms with Crippen molar-refractivity contribution in [1.82, 2.24) is 0 Å². The van der Waals surface area contributed by atoms with Gasteiger partial charge < -0.3 is 0 Å². The molecule has 0 unspecified atom stereocenters. The second-order valence-corrected chi connectivity index (χ2v) is 8.25. The van der Waals surface area contributed by atoms with Crippen LogP contribution in [-0.2, 0) is 15.0 Å². The van der Waals surface area contributed by atoms with Gasteiger partial charge in [-0.1, -0.05) is 0 Å². The molecular weight excluding hydrogens is 357 g/mol. The van der Waals surface area contributed by atoms with Gasteiger partial charge in [0.2, 0.25) is 0 Å². The predicted octanol–water partition coefficient (Wildman–Crippen LogP) is 1.08. The molecular formula is C14H13AsClNO4. The first-order valence-electron chi connectivity index (χ1n) is 6.05. The molecule has 2 aromatic rings. The zero-order valence-corrected chi connectivity index (χ0v) is 13.5. The fraction of sp³-hybridized carbons (Fsp3) is 0.0714. The van der Waals surface area contributed by atoms with E-state index in [4.69, 9.17) is 19.8 Å². The van der Waals surface area contributed by atoms with E-state index in [9.17, 15) is 8.53 Å². The summed E-state index contributed by atoms with van der Waals surface area (Å²) in [6.45, 7) is 0. The summed E-state index contributed by atoms with van der Waals surface area (Å²) in [5, 5.41) is 3.27. The van der Waals surface area contributed by atoms with Crippen molar-refractivity contribution in [3.05, 3.63) is 59.1 Å². The molecule has 0 bridgehead atoms. The van der Waals surface area contributed by atoms with Crippen molar-refractivity contribution in [2.45, 2.75) is 6.42 Å². The van der Waals surface area contributed by atoms with E-state index in [1.165, 1.54) is 24.3 Å². The van der Waals surface area contributed by atoms with Gasteiger partial charge in [0, 0.05) is 0 Å². The van der Waals surface area contributed by atoms with E-state index >= 15 is 0 Å². The van der Waals surface area contributed by atoms with Crippen LogP contribution in [0.15, 0.2) is 48.5 Å². The van der Waals surface area contributed by atoms with Crippen LogP contribution in [-0.4, -0.2) is 28.3 Å². The van der Waals surface area contributed by atoms with Crippen LogP contribution in [0.2, 0.25) is 5.02 Å². The van der Waals surface area contributed by atoms with Crippen LogP contribution in [0, 0.1) is 0 Å². The van der Waals surface area contributed by atoms with Crippen LogP contribution < -0.4 is 9.67 Å². The quantitative estimate of drug-likeness (QED) is 0.704. The second-order valence-electron chi connectivity index (χ2n) is 4.44. The standard InChI is InChI=1S/C14H13AsClNO4/c16-12-5-1-10(2-6-12)9-14(18)17-13-7-3-11(4-8-13)15(19,20)21/h1-8H,9H2,(H,17,18)(H2,19,20,21). The number of nitrogens with one attached hydrogen (secondary N) is 1. The molecule has 1 amide bonds. The summed E-state index contributed by atoms with van der Waals surface area (Å²) >= 11 is 0.895. The van der Waals surface area contributed by atoms with Gasteiger partial charge in [-0.15, -0.1) is 0 Å². The van der Waals surface area contributed by atoms with Crippen LogP contribution in [0.3, 0.4) is 0 Å². The van der Waals surface area contributed by atoms with Gasteiger partial charge in [-0.3, -0.25) is 0 Å². The Bertz CT molecular complexity index is 679. The zero-order valence-electron chi connectivity index (χ0n) is 10.9. The molecule has 7 heteroatoms. The molecule has 0 aliphatic carbocycles. The Morgan fingerprint density at radius 1 is 1.05 bits per heavy atom. The van der Waals surface area contributed by atoms with E-state index in [-0.39, 0.29) is 16.7 Å². The van der Waals surface area contributed by atoms with Gasteiger partial charge in [-0.25, -0.2) is 0 Å². The average Bonchev–Trinajstić information content (AvgIpc) is 2.41. The Hall–Kier alpha value is -1.52. The summed E-state index contributed by atoms with van der Waals surface area (Å²) in [6.07, 6.45) is 0.196. The van der Waals surface area contributed by atoms with Crippen molar-refractivity contribution in [3.8, 4) is 0 Å². The van der Waals surface area contributed by atoms with Crippen molar-refractivity contribution in [2.75, 3.05) is 5.32 Å². The molecule has 0 aliphatic heterocycles. The molecule has 0 saturated carbocycles. The first kappa shape index (κ1) is 15.9. The maximum absolute atomic E-state index is 11.9. The number of anilines is 1. The number of rotatable bonds is 4. The van der Waals surface area contributed by atoms with Crippen LogP contribution in [0.5, 0.6) is 0 Å². The Balaban J connectivity index is 1.99. The number of hydrogen-bond acceptors (Lipinski definition) is 2. The van der Waals surface area contributed by atoms with E-state index < -0.39 is 14.2 Å². The third-order valence-corrected chi connectivity index (χ3v) is 5.05. The minimum absolute atomic E-state index is 0.0242. The molecule has 21 heavy (non-hydrogen) atoms. The molecule has 0 aliphatic rings. The molecule has 0 spiro atoms. The van der Waals surface area contributed by atoms with E-state index in [0.29, 0.717) is 10.7 Å². The van der Waals surface area contributed by atoms with E-state index in [2.05, 4.69) is 5.32 Å². The van der Waals surface area contributed by atoms with E-state index in [0.717, 1.165) is 5.56 Å². The van der Waals surface area contributed by atoms with Gasteiger partial charge in [0.1, 0.15) is 0 Å². The third-order valence-electron chi connectivity index (χ3n) is 2.77. The number of benzene rings is 2. The minimum atomic E-state index is -4.87. The van der Waals surface area contributed by atoms with Gasteiger partial charge in [0.15, 0.2) is 0 Å². The van der Waals surface area contributed by atoms with Gasteiger partial charge in [-0.2, -0.15) is 0 Å². The summed E-state index contributed by atoms with van der Waals surface area (Å²) in [7, 11) is 0. The number of carbonyl (C=O) groups excluding carboxylic acids is 1. The summed E-state index contributed by atoms with van der Waals surface area (Å²) < 4.78 is 29.2. The molecule has 5 nitrogen and oxygen atoms in total. The van der Waals surface area contributed by atoms with Gasteiger partial charge in [-0.05, 0) is 0 Å². The molecule has 0 heterocycles. The maximum atomic E-state index is 11.9. The molecule has 0 saturated heterocycles. The zero-order chi connectivity index (χ0) is 15.5. The Kier molecular flexibility index (Phi) is 4.91. The average molecular weight is 370 g/mol. The first-order chi connectivity index (χ1) is 9.84. The SMILES string of the molecule is O=C(Cc1ccc(Cl)cc1)Nc1ccc([As](=O)(O)O)cc1. The number of amides is 1. The Labute approximate surface area is 129 Å². The van der Waals surface area contributed by atoms with Gasteiger partial charge in [0.05, 0.1) is 0 Å². The van der Waals surface area contributed by atoms with Crippen molar-refractivity contribution < 1.29 is 16.7 Å². The molecule has 0 fully saturated rings. The Morgan fingerprint density at radius 3 is 2.14 bits per heavy atom. The van der Waals surface area contributed by atoms with Crippen LogP contribution in [0.25, 0.3) is 0 Å². The molecule has 0 atom stereocenters. The summed E-state index contributed by atoms with van der Waals surface area (Å²) in [6, 6.07) is 12.5. The van der Waals surface area contributed by atoms with Gasteiger partial charge >= 0.3 is 129 Å². The first-order valence-corrected chi connectivity index (χ1v) is 9.81. The molecule has 0 aromatic heterocycles. The number of carbonyl (C=O) groups is 1. The van der Waals surface area contributed by atoms with Gasteiger partial charge in [0.25, 0.3) is 0 Å². The van der Waals surface area contributed by atoms with Crippen molar-refractivity contribution in [3.63, 3.8) is 0 Å². The summed E-state index contributed by atoms with van der Waals surface area (Å²) in [5.41, 5.74) is 1.31. The van der Waals surface area contributed by atoms with Crippen LogP contribution in [0.1, 0.15) is 5.56 Å². The number of halogens is 1. The second kappa shape index (κ2) is 6.50. The fourth-order valence-corrected chi connectivity index (χ4v) is 2.99. The Morgan fingerprint density at radius 2 is 1.62 bits per heavy atom. The predicted molar refractivity (Wildman–Crippen MR) is 80.7 cm³/mol. The molecule has 0 radical (unpaired) electrons. The van der Waals surface area contributed by atoms with Crippen molar-refractivity contribution in [2.24, 2.45) is 0 Å². The monoisotopic (exact) mass is 369 g/mol. The van der Waals surface area contributed by atoms with Crippen molar-refractivity contribution >= 4 is 41.7 Å². The molecule has 3 N–H and O–H groups in total. The van der Waals surface area contributed by atoms with Crippen LogP contribution in [0.4, 0.5) is 5.69 Å². The number of hydrogen-bond donors (Lipinski definition) is 3. The normalized spacial score (nSPS) is 11.2. The molecule has 2 rings (SSSR count). The summed E-state index contributed by atoms with van der Waals surface area (Å²) in [4.78, 5) is 11.9. The molecule has 2 aromatic carbocycles. The topological polar surface area (TPSA) is 86.6 Å². The molecule has 110 valence electrons. The summed E-state index contributed by atoms with van der Waals surface area (Å²) in [5.74, 6) is -0.216. The third kappa shape index (κ3) is 4.76. The fourth-order valence-electron chi connectivity index (χ4n) is 1.73. The van der Waals surface area contributed by atoms with E-state index in [1.807, 2.05) is 0 Å². The van der Waals surface area contributed by atoms with Crippen LogP contribution >= 0.6 is 11.6 Å².